The molecule has 0 radical (unpaired) electrons. The van der Waals surface area contributed by atoms with E-state index in [0.29, 0.717) is 19.8 Å². The highest BCUT2D eigenvalue weighted by atomic mass is 19.2. The number of rotatable bonds is 4. The first-order chi connectivity index (χ1) is 14.0. The van der Waals surface area contributed by atoms with Gasteiger partial charge in [0.2, 0.25) is 0 Å². The minimum Gasteiger partial charge on any atom is -0.381 e. The SMILES string of the molecule is COCC=CC1COC(c2cc(F)c(C#Cc3ccc(F)c(F)c3)c(F)c2)OC1. The summed E-state index contributed by atoms with van der Waals surface area (Å²) in [5.74, 6) is 0.854. The number of halogens is 4. The van der Waals surface area contributed by atoms with Crippen LogP contribution in [-0.4, -0.2) is 26.9 Å². The lowest BCUT2D eigenvalue weighted by molar-refractivity contribution is -0.197. The van der Waals surface area contributed by atoms with Crippen LogP contribution < -0.4 is 0 Å². The van der Waals surface area contributed by atoms with E-state index in [-0.39, 0.29) is 17.0 Å². The molecule has 0 N–H and O–H groups in total. The lowest BCUT2D eigenvalue weighted by Gasteiger charge is -2.28. The average Bonchev–Trinajstić information content (AvgIpc) is 2.70. The fourth-order valence-electron chi connectivity index (χ4n) is 2.72. The van der Waals surface area contributed by atoms with E-state index >= 15 is 0 Å². The summed E-state index contributed by atoms with van der Waals surface area (Å²) in [6.45, 7) is 1.15. The molecule has 0 atom stereocenters. The second-order valence-corrected chi connectivity index (χ2v) is 6.38. The molecule has 1 aliphatic heterocycles. The quantitative estimate of drug-likeness (QED) is 0.425. The van der Waals surface area contributed by atoms with Crippen LogP contribution in [-0.2, 0) is 14.2 Å². The number of benzene rings is 2. The third kappa shape index (κ3) is 5.45. The summed E-state index contributed by atoms with van der Waals surface area (Å²) < 4.78 is 70.9. The zero-order valence-electron chi connectivity index (χ0n) is 15.6. The predicted molar refractivity (Wildman–Crippen MR) is 97.8 cm³/mol. The van der Waals surface area contributed by atoms with Gasteiger partial charge >= 0.3 is 0 Å². The molecule has 3 nitrogen and oxygen atoms in total. The molecule has 0 aromatic heterocycles. The Bertz CT molecular complexity index is 931. The molecule has 1 fully saturated rings. The van der Waals surface area contributed by atoms with Crippen molar-refractivity contribution in [2.24, 2.45) is 5.92 Å². The monoisotopic (exact) mass is 406 g/mol. The van der Waals surface area contributed by atoms with Gasteiger partial charge in [-0.15, -0.1) is 0 Å². The zero-order valence-corrected chi connectivity index (χ0v) is 15.6. The van der Waals surface area contributed by atoms with Gasteiger partial charge in [0.1, 0.15) is 11.6 Å². The van der Waals surface area contributed by atoms with Gasteiger partial charge in [0, 0.05) is 24.2 Å². The summed E-state index contributed by atoms with van der Waals surface area (Å²) in [7, 11) is 1.59. The summed E-state index contributed by atoms with van der Waals surface area (Å²) in [4.78, 5) is 0. The molecule has 0 unspecified atom stereocenters. The van der Waals surface area contributed by atoms with Gasteiger partial charge in [0.05, 0.1) is 25.4 Å². The maximum Gasteiger partial charge on any atom is 0.184 e. The highest BCUT2D eigenvalue weighted by Crippen LogP contribution is 2.28. The molecule has 152 valence electrons. The molecule has 7 heteroatoms. The molecule has 0 spiro atoms. The number of hydrogen-bond acceptors (Lipinski definition) is 3. The van der Waals surface area contributed by atoms with Gasteiger partial charge in [0.15, 0.2) is 17.9 Å². The first-order valence-corrected chi connectivity index (χ1v) is 8.82. The van der Waals surface area contributed by atoms with Gasteiger partial charge in [-0.3, -0.25) is 0 Å². The third-order valence-corrected chi connectivity index (χ3v) is 4.18. The Labute approximate surface area is 165 Å². The van der Waals surface area contributed by atoms with Crippen molar-refractivity contribution in [2.75, 3.05) is 26.9 Å². The highest BCUT2D eigenvalue weighted by Gasteiger charge is 2.24. The summed E-state index contributed by atoms with van der Waals surface area (Å²) >= 11 is 0. The van der Waals surface area contributed by atoms with E-state index in [0.717, 1.165) is 24.3 Å². The van der Waals surface area contributed by atoms with Crippen molar-refractivity contribution in [2.45, 2.75) is 6.29 Å². The average molecular weight is 406 g/mol. The second kappa shape index (κ2) is 9.70. The van der Waals surface area contributed by atoms with E-state index in [1.165, 1.54) is 6.07 Å². The summed E-state index contributed by atoms with van der Waals surface area (Å²) in [6.07, 6.45) is 2.86. The van der Waals surface area contributed by atoms with Crippen LogP contribution >= 0.6 is 0 Å². The third-order valence-electron chi connectivity index (χ3n) is 4.18. The van der Waals surface area contributed by atoms with Crippen molar-refractivity contribution in [1.82, 2.24) is 0 Å². The van der Waals surface area contributed by atoms with E-state index < -0.39 is 35.1 Å². The lowest BCUT2D eigenvalue weighted by atomic mass is 10.1. The van der Waals surface area contributed by atoms with Crippen LogP contribution in [0.15, 0.2) is 42.5 Å². The number of hydrogen-bond donors (Lipinski definition) is 0. The highest BCUT2D eigenvalue weighted by molar-refractivity contribution is 5.45. The van der Waals surface area contributed by atoms with Gasteiger partial charge in [-0.1, -0.05) is 24.0 Å². The molecule has 0 saturated carbocycles. The first kappa shape index (κ1) is 21.1. The molecular weight excluding hydrogens is 388 g/mol. The van der Waals surface area contributed by atoms with Crippen molar-refractivity contribution in [3.05, 3.63) is 82.4 Å². The van der Waals surface area contributed by atoms with Crippen LogP contribution in [0.3, 0.4) is 0 Å². The maximum atomic E-state index is 14.4. The molecule has 1 aliphatic rings. The van der Waals surface area contributed by atoms with Crippen molar-refractivity contribution in [3.63, 3.8) is 0 Å². The second-order valence-electron chi connectivity index (χ2n) is 6.38. The maximum absolute atomic E-state index is 14.4. The number of methoxy groups -OCH3 is 1. The Morgan fingerprint density at radius 3 is 2.28 bits per heavy atom. The van der Waals surface area contributed by atoms with Crippen LogP contribution in [0.4, 0.5) is 17.6 Å². The van der Waals surface area contributed by atoms with Crippen LogP contribution in [0.2, 0.25) is 0 Å². The smallest absolute Gasteiger partial charge is 0.184 e. The van der Waals surface area contributed by atoms with E-state index in [1.54, 1.807) is 7.11 Å². The van der Waals surface area contributed by atoms with E-state index in [2.05, 4.69) is 11.8 Å². The van der Waals surface area contributed by atoms with Crippen LogP contribution in [0, 0.1) is 41.0 Å². The Morgan fingerprint density at radius 2 is 1.66 bits per heavy atom. The predicted octanol–water partition coefficient (Wildman–Crippen LogP) is 4.51. The van der Waals surface area contributed by atoms with E-state index in [1.807, 2.05) is 12.2 Å². The van der Waals surface area contributed by atoms with Gasteiger partial charge in [-0.05, 0) is 30.3 Å². The molecular formula is C22H18F4O3. The Balaban J connectivity index is 1.72. The normalized spacial score (nSPS) is 19.2. The molecule has 29 heavy (non-hydrogen) atoms. The molecule has 0 bridgehead atoms. The molecule has 3 rings (SSSR count). The number of ether oxygens (including phenoxy) is 3. The van der Waals surface area contributed by atoms with Crippen LogP contribution in [0.25, 0.3) is 0 Å². The molecule has 2 aromatic rings. The molecule has 1 saturated heterocycles. The van der Waals surface area contributed by atoms with Crippen LogP contribution in [0.5, 0.6) is 0 Å². The van der Waals surface area contributed by atoms with Crippen LogP contribution in [0.1, 0.15) is 23.0 Å². The zero-order chi connectivity index (χ0) is 20.8. The standard InChI is InChI=1S/C22H18F4O3/c1-27-8-2-3-15-12-28-22(29-13-15)16-10-19(24)17(20(25)11-16)6-4-14-5-7-18(23)21(26)9-14/h2-3,5,7,9-11,15,22H,8,12-13H2,1H3. The van der Waals surface area contributed by atoms with Crippen molar-refractivity contribution >= 4 is 0 Å². The summed E-state index contributed by atoms with van der Waals surface area (Å²) in [6, 6.07) is 5.14. The summed E-state index contributed by atoms with van der Waals surface area (Å²) in [5.41, 5.74) is -0.189. The molecule has 2 aromatic carbocycles. The molecule has 1 heterocycles. The lowest BCUT2D eigenvalue weighted by Crippen LogP contribution is -2.26. The van der Waals surface area contributed by atoms with Crippen molar-refractivity contribution in [3.8, 4) is 11.8 Å². The fraction of sp³-hybridized carbons (Fsp3) is 0.273. The molecule has 0 aliphatic carbocycles. The van der Waals surface area contributed by atoms with E-state index in [4.69, 9.17) is 14.2 Å². The van der Waals surface area contributed by atoms with Crippen molar-refractivity contribution < 1.29 is 31.8 Å². The van der Waals surface area contributed by atoms with E-state index in [9.17, 15) is 17.6 Å². The Morgan fingerprint density at radius 1 is 0.966 bits per heavy atom. The Kier molecular flexibility index (Phi) is 7.04. The van der Waals surface area contributed by atoms with Gasteiger partial charge < -0.3 is 14.2 Å². The fourth-order valence-corrected chi connectivity index (χ4v) is 2.72. The van der Waals surface area contributed by atoms with Gasteiger partial charge in [0.25, 0.3) is 0 Å². The largest absolute Gasteiger partial charge is 0.381 e. The first-order valence-electron chi connectivity index (χ1n) is 8.82. The van der Waals surface area contributed by atoms with Gasteiger partial charge in [-0.25, -0.2) is 17.6 Å². The minimum atomic E-state index is -1.09. The minimum absolute atomic E-state index is 0.0253. The van der Waals surface area contributed by atoms with Crippen molar-refractivity contribution in [1.29, 1.82) is 0 Å². The topological polar surface area (TPSA) is 27.7 Å². The van der Waals surface area contributed by atoms with Gasteiger partial charge in [-0.2, -0.15) is 0 Å². The molecule has 0 amide bonds. The Hall–Kier alpha value is -2.66. The summed E-state index contributed by atoms with van der Waals surface area (Å²) in [5, 5.41) is 0.